The van der Waals surface area contributed by atoms with Gasteiger partial charge < -0.3 is 20.5 Å². The van der Waals surface area contributed by atoms with Crippen LogP contribution in [0.5, 0.6) is 11.5 Å². The Kier molecular flexibility index (Phi) is 5.21. The number of hydrogen-bond donors (Lipinski definition) is 2. The molecule has 3 heterocycles. The number of carboxylic acid groups (broad SMARTS) is 1. The standard InChI is InChI=1S/C24H23N5O4/c25-22-21-20(12-13-26-22)28(17-5-4-14-27(15-17)24(31)32)23(30)29(21)16-8-10-19(11-9-16)33-18-6-2-1-3-7-18/h1-3,6-13,17H,4-5,14-15H2,(H2,25,26)(H,31,32)/t17-/m1/s1. The highest BCUT2D eigenvalue weighted by atomic mass is 16.5. The van der Waals surface area contributed by atoms with E-state index in [4.69, 9.17) is 10.5 Å². The molecule has 3 N–H and O–H groups in total. The summed E-state index contributed by atoms with van der Waals surface area (Å²) in [4.78, 5) is 30.7. The summed E-state index contributed by atoms with van der Waals surface area (Å²) in [7, 11) is 0. The summed E-state index contributed by atoms with van der Waals surface area (Å²) >= 11 is 0. The van der Waals surface area contributed by atoms with Crippen LogP contribution >= 0.6 is 0 Å². The van der Waals surface area contributed by atoms with Crippen LogP contribution in [0.25, 0.3) is 16.7 Å². The molecule has 5 rings (SSSR count). The quantitative estimate of drug-likeness (QED) is 0.493. The lowest BCUT2D eigenvalue weighted by Crippen LogP contribution is -2.42. The Morgan fingerprint density at radius 3 is 2.52 bits per heavy atom. The Hall–Kier alpha value is -4.27. The number of pyridine rings is 1. The largest absolute Gasteiger partial charge is 0.465 e. The monoisotopic (exact) mass is 445 g/mol. The van der Waals surface area contributed by atoms with Crippen LogP contribution < -0.4 is 16.2 Å². The predicted octanol–water partition coefficient (Wildman–Crippen LogP) is 3.88. The van der Waals surface area contributed by atoms with Crippen molar-refractivity contribution < 1.29 is 14.6 Å². The number of amides is 1. The van der Waals surface area contributed by atoms with Crippen molar-refractivity contribution in [3.05, 3.63) is 77.3 Å². The van der Waals surface area contributed by atoms with Gasteiger partial charge in [-0.2, -0.15) is 0 Å². The molecule has 1 amide bonds. The van der Waals surface area contributed by atoms with Gasteiger partial charge in [0.2, 0.25) is 0 Å². The van der Waals surface area contributed by atoms with Gasteiger partial charge in [0.1, 0.15) is 22.8 Å². The molecule has 0 saturated carbocycles. The smallest absolute Gasteiger partial charge is 0.407 e. The van der Waals surface area contributed by atoms with Gasteiger partial charge in [0, 0.05) is 19.3 Å². The van der Waals surface area contributed by atoms with Crippen LogP contribution in [0.15, 0.2) is 71.7 Å². The van der Waals surface area contributed by atoms with Crippen LogP contribution in [-0.4, -0.2) is 43.3 Å². The molecule has 0 aliphatic carbocycles. The molecule has 0 unspecified atom stereocenters. The third-order valence-electron chi connectivity index (χ3n) is 5.92. The Labute approximate surface area is 189 Å². The molecule has 9 heteroatoms. The lowest BCUT2D eigenvalue weighted by molar-refractivity contribution is 0.121. The van der Waals surface area contributed by atoms with Gasteiger partial charge in [-0.1, -0.05) is 18.2 Å². The van der Waals surface area contributed by atoms with Crippen molar-refractivity contribution in [3.8, 4) is 17.2 Å². The second kappa shape index (κ2) is 8.34. The van der Waals surface area contributed by atoms with E-state index >= 15 is 0 Å². The maximum Gasteiger partial charge on any atom is 0.407 e. The lowest BCUT2D eigenvalue weighted by atomic mass is 10.1. The van der Waals surface area contributed by atoms with E-state index in [9.17, 15) is 14.7 Å². The molecule has 1 atom stereocenters. The van der Waals surface area contributed by atoms with Crippen LogP contribution in [0, 0.1) is 0 Å². The SMILES string of the molecule is Nc1nccc2c1n(-c1ccc(Oc3ccccc3)cc1)c(=O)n2[C@@H]1CCCN(C(=O)O)C1. The maximum atomic E-state index is 13.6. The number of ether oxygens (including phenoxy) is 1. The zero-order valence-electron chi connectivity index (χ0n) is 17.8. The van der Waals surface area contributed by atoms with Gasteiger partial charge in [0.25, 0.3) is 0 Å². The molecule has 1 aliphatic rings. The molecular weight excluding hydrogens is 422 g/mol. The van der Waals surface area contributed by atoms with Gasteiger partial charge in [0.05, 0.1) is 17.2 Å². The van der Waals surface area contributed by atoms with Crippen molar-refractivity contribution >= 4 is 22.9 Å². The summed E-state index contributed by atoms with van der Waals surface area (Å²) in [5.74, 6) is 1.59. The van der Waals surface area contributed by atoms with Gasteiger partial charge in [-0.15, -0.1) is 0 Å². The Balaban J connectivity index is 1.57. The van der Waals surface area contributed by atoms with E-state index < -0.39 is 6.09 Å². The fourth-order valence-electron chi connectivity index (χ4n) is 4.41. The fraction of sp³-hybridized carbons (Fsp3) is 0.208. The van der Waals surface area contributed by atoms with Crippen LogP contribution in [0.2, 0.25) is 0 Å². The highest BCUT2D eigenvalue weighted by Crippen LogP contribution is 2.29. The first-order valence-electron chi connectivity index (χ1n) is 10.7. The zero-order valence-corrected chi connectivity index (χ0v) is 17.8. The fourth-order valence-corrected chi connectivity index (χ4v) is 4.41. The minimum Gasteiger partial charge on any atom is -0.465 e. The number of para-hydroxylation sites is 1. The maximum absolute atomic E-state index is 13.6. The topological polar surface area (TPSA) is 116 Å². The van der Waals surface area contributed by atoms with Gasteiger partial charge in [-0.3, -0.25) is 9.13 Å². The van der Waals surface area contributed by atoms with Crippen molar-refractivity contribution in [3.63, 3.8) is 0 Å². The van der Waals surface area contributed by atoms with Crippen LogP contribution in [-0.2, 0) is 0 Å². The summed E-state index contributed by atoms with van der Waals surface area (Å²) in [6.07, 6.45) is 1.97. The molecule has 1 aliphatic heterocycles. The van der Waals surface area contributed by atoms with E-state index in [0.717, 1.165) is 0 Å². The molecule has 0 bridgehead atoms. The van der Waals surface area contributed by atoms with E-state index in [1.807, 2.05) is 30.3 Å². The second-order valence-corrected chi connectivity index (χ2v) is 7.99. The summed E-state index contributed by atoms with van der Waals surface area (Å²) < 4.78 is 9.04. The van der Waals surface area contributed by atoms with Gasteiger partial charge in [0.15, 0.2) is 0 Å². The van der Waals surface area contributed by atoms with Crippen molar-refractivity contribution in [2.75, 3.05) is 18.8 Å². The molecule has 1 saturated heterocycles. The van der Waals surface area contributed by atoms with E-state index in [-0.39, 0.29) is 24.1 Å². The number of benzene rings is 2. The van der Waals surface area contributed by atoms with Crippen molar-refractivity contribution in [1.29, 1.82) is 0 Å². The van der Waals surface area contributed by atoms with Gasteiger partial charge >= 0.3 is 11.8 Å². The van der Waals surface area contributed by atoms with E-state index in [1.54, 1.807) is 41.1 Å². The number of fused-ring (bicyclic) bond motifs is 1. The number of likely N-dealkylation sites (tertiary alicyclic amines) is 1. The molecule has 0 radical (unpaired) electrons. The molecular formula is C24H23N5O4. The molecule has 0 spiro atoms. The number of aromatic nitrogens is 3. The van der Waals surface area contributed by atoms with Crippen molar-refractivity contribution in [2.24, 2.45) is 0 Å². The normalized spacial score (nSPS) is 16.1. The van der Waals surface area contributed by atoms with E-state index in [2.05, 4.69) is 4.98 Å². The number of carbonyl (C=O) groups is 1. The highest BCUT2D eigenvalue weighted by Gasteiger charge is 2.29. The molecule has 168 valence electrons. The third kappa shape index (κ3) is 3.78. The molecule has 4 aromatic rings. The number of nitrogens with two attached hydrogens (primary N) is 1. The molecule has 1 fully saturated rings. The van der Waals surface area contributed by atoms with Crippen LogP contribution in [0.4, 0.5) is 10.6 Å². The minimum atomic E-state index is -0.980. The average Bonchev–Trinajstić information content (AvgIpc) is 3.13. The summed E-state index contributed by atoms with van der Waals surface area (Å²) in [5, 5.41) is 9.44. The first-order chi connectivity index (χ1) is 16.0. The molecule has 9 nitrogen and oxygen atoms in total. The number of nitrogen functional groups attached to an aromatic ring is 1. The summed E-state index contributed by atoms with van der Waals surface area (Å²) in [6, 6.07) is 18.1. The number of imidazole rings is 1. The third-order valence-corrected chi connectivity index (χ3v) is 5.92. The van der Waals surface area contributed by atoms with E-state index in [1.165, 1.54) is 9.47 Å². The van der Waals surface area contributed by atoms with Crippen molar-refractivity contribution in [2.45, 2.75) is 18.9 Å². The first-order valence-corrected chi connectivity index (χ1v) is 10.7. The van der Waals surface area contributed by atoms with E-state index in [0.29, 0.717) is 47.6 Å². The number of anilines is 1. The first kappa shape index (κ1) is 20.6. The van der Waals surface area contributed by atoms with Gasteiger partial charge in [-0.25, -0.2) is 14.6 Å². The summed E-state index contributed by atoms with van der Waals surface area (Å²) in [6.45, 7) is 0.715. The zero-order chi connectivity index (χ0) is 22.9. The Morgan fingerprint density at radius 2 is 1.79 bits per heavy atom. The minimum absolute atomic E-state index is 0.235. The number of nitrogens with zero attached hydrogens (tertiary/aromatic N) is 4. The number of hydrogen-bond acceptors (Lipinski definition) is 5. The van der Waals surface area contributed by atoms with Crippen LogP contribution in [0.3, 0.4) is 0 Å². The van der Waals surface area contributed by atoms with Crippen molar-refractivity contribution in [1.82, 2.24) is 19.0 Å². The number of piperidine rings is 1. The molecule has 2 aromatic heterocycles. The molecule has 33 heavy (non-hydrogen) atoms. The van der Waals surface area contributed by atoms with Gasteiger partial charge in [-0.05, 0) is 55.3 Å². The highest BCUT2D eigenvalue weighted by molar-refractivity contribution is 5.87. The Morgan fingerprint density at radius 1 is 1.06 bits per heavy atom. The number of rotatable bonds is 4. The second-order valence-electron chi connectivity index (χ2n) is 7.99. The van der Waals surface area contributed by atoms with Crippen LogP contribution in [0.1, 0.15) is 18.9 Å². The molecule has 2 aromatic carbocycles. The summed E-state index contributed by atoms with van der Waals surface area (Å²) in [5.41, 5.74) is 7.68. The average molecular weight is 445 g/mol. The Bertz CT molecular complexity index is 1360. The lowest BCUT2D eigenvalue weighted by Gasteiger charge is -2.31. The predicted molar refractivity (Wildman–Crippen MR) is 124 cm³/mol.